The summed E-state index contributed by atoms with van der Waals surface area (Å²) in [7, 11) is -2.26. The Labute approximate surface area is 570 Å². The van der Waals surface area contributed by atoms with Crippen molar-refractivity contribution >= 4 is 76.0 Å². The minimum atomic E-state index is -3.63. The van der Waals surface area contributed by atoms with Crippen LogP contribution in [0.15, 0.2) is 266 Å². The lowest BCUT2D eigenvalue weighted by Crippen LogP contribution is -2.40. The van der Waals surface area contributed by atoms with E-state index in [2.05, 4.69) is 195 Å². The third kappa shape index (κ3) is 18.3. The van der Waals surface area contributed by atoms with Crippen molar-refractivity contribution in [3.05, 3.63) is 311 Å². The summed E-state index contributed by atoms with van der Waals surface area (Å²) in [5.41, 5.74) is 13.1. The molecule has 93 heavy (non-hydrogen) atoms. The van der Waals surface area contributed by atoms with E-state index in [1.54, 1.807) is 81.4 Å². The summed E-state index contributed by atoms with van der Waals surface area (Å²) >= 11 is 10.3. The molecule has 1 heterocycles. The van der Waals surface area contributed by atoms with Gasteiger partial charge in [0.15, 0.2) is 5.82 Å². The van der Waals surface area contributed by atoms with E-state index in [9.17, 15) is 22.8 Å². The van der Waals surface area contributed by atoms with Crippen LogP contribution in [-0.4, -0.2) is 65.1 Å². The van der Waals surface area contributed by atoms with Gasteiger partial charge in [-0.15, -0.1) is 5.10 Å². The lowest BCUT2D eigenvalue weighted by Gasteiger charge is -2.36. The maximum Gasteiger partial charge on any atom is 0.339 e. The molecular formula is C77H72Br3N5O7S. The molecule has 0 aliphatic carbocycles. The summed E-state index contributed by atoms with van der Waals surface area (Å²) in [4.78, 5) is 34.3. The molecule has 0 bridgehead atoms. The number of carbonyl (C=O) groups is 3. The summed E-state index contributed by atoms with van der Waals surface area (Å²) in [6.07, 6.45) is 0.758. The van der Waals surface area contributed by atoms with Gasteiger partial charge in [-0.05, 0) is 137 Å². The maximum atomic E-state index is 12.6. The fraction of sp³-hybridized carbons (Fsp3) is 0.169. The number of tetrazole rings is 1. The molecule has 1 N–H and O–H groups in total. The normalized spacial score (nSPS) is 11.3. The van der Waals surface area contributed by atoms with Gasteiger partial charge in [0.2, 0.25) is 10.0 Å². The van der Waals surface area contributed by atoms with Gasteiger partial charge >= 0.3 is 11.9 Å². The molecule has 0 unspecified atom stereocenters. The van der Waals surface area contributed by atoms with E-state index in [1.807, 2.05) is 98.2 Å². The highest BCUT2D eigenvalue weighted by molar-refractivity contribution is 9.09. The quantitative estimate of drug-likeness (QED) is 0.0427. The van der Waals surface area contributed by atoms with Crippen molar-refractivity contribution in [3.63, 3.8) is 0 Å². The zero-order chi connectivity index (χ0) is 66.6. The molecule has 0 aliphatic rings. The number of methoxy groups -OCH3 is 1. The van der Waals surface area contributed by atoms with E-state index in [1.165, 1.54) is 18.2 Å². The molecule has 11 aromatic rings. The third-order valence-corrected chi connectivity index (χ3v) is 18.2. The highest BCUT2D eigenvalue weighted by Gasteiger charge is 2.42. The van der Waals surface area contributed by atoms with Crippen LogP contribution in [0.4, 0.5) is 0 Å². The molecule has 0 atom stereocenters. The van der Waals surface area contributed by atoms with E-state index < -0.39 is 26.7 Å². The molecule has 12 nitrogen and oxygen atoms in total. The number of hydrogen-bond donors (Lipinski definition) is 1. The second-order valence-corrected chi connectivity index (χ2v) is 26.7. The summed E-state index contributed by atoms with van der Waals surface area (Å²) in [6.45, 7) is 11.0. The number of aldehydes is 1. The van der Waals surface area contributed by atoms with Crippen molar-refractivity contribution in [1.29, 1.82) is 0 Å². The summed E-state index contributed by atoms with van der Waals surface area (Å²) in [5.74, 6) is 0.112. The molecule has 0 radical (unpaired) electrons. The Hall–Kier alpha value is -8.77. The van der Waals surface area contributed by atoms with E-state index in [0.717, 1.165) is 77.9 Å². The highest BCUT2D eigenvalue weighted by Crippen LogP contribution is 2.43. The Morgan fingerprint density at radius 1 is 0.484 bits per heavy atom. The molecule has 1 aromatic heterocycles. The number of ether oxygens (including phenoxy) is 2. The zero-order valence-corrected chi connectivity index (χ0v) is 58.3. The van der Waals surface area contributed by atoms with Crippen LogP contribution in [0.1, 0.15) is 106 Å². The number of rotatable bonds is 16. The Morgan fingerprint density at radius 3 is 1.33 bits per heavy atom. The summed E-state index contributed by atoms with van der Waals surface area (Å²) < 4.78 is 39.9. The Bertz CT molecular complexity index is 4240. The predicted molar refractivity (Wildman–Crippen MR) is 383 cm³/mol. The molecule has 0 aliphatic heterocycles. The van der Waals surface area contributed by atoms with Crippen LogP contribution in [0.3, 0.4) is 0 Å². The fourth-order valence-electron chi connectivity index (χ4n) is 10.2. The monoisotopic (exact) mass is 1450 g/mol. The number of halogens is 3. The topological polar surface area (TPSA) is 159 Å². The number of nitrogens with one attached hydrogen (secondary N) is 1. The average molecular weight is 1450 g/mol. The standard InChI is InChI=1S/C33H25BrN4.C18H19BrO2.C17H19NO3S.C9H9BrO2/c34-24-25-20-22-26(23-21-25)30-18-10-11-19-31(30)32-35-36-37-38(32)33(27-12-4-1-5-13-27,28-14-6-2-7-15-28)29-16-8-3-9-17-29;1-18(2,3)21-17(20)16-7-5-4-6-15(16)14-10-8-13(12-19)9-11-14;1-17(2,3)18-22(20,21)16-7-5-4-6-15(16)14-10-8-13(12-19)9-11-14;1-12-9(11)8-4-2-7(6-10)3-5-8/h1-23H,24H2;4-11H,12H2,1-3H3;4-12,18H,1-3H3;2-5H,6H2,1H3. The van der Waals surface area contributed by atoms with Crippen LogP contribution >= 0.6 is 47.8 Å². The van der Waals surface area contributed by atoms with Gasteiger partial charge in [-0.3, -0.25) is 4.79 Å². The van der Waals surface area contributed by atoms with Crippen LogP contribution in [0.5, 0.6) is 0 Å². The number of benzene rings is 10. The minimum Gasteiger partial charge on any atom is -0.465 e. The van der Waals surface area contributed by atoms with Gasteiger partial charge in [-0.1, -0.05) is 284 Å². The molecule has 11 rings (SSSR count). The molecule has 0 spiro atoms. The number of hydrogen-bond acceptors (Lipinski definition) is 10. The Balaban J connectivity index is 0.000000173. The van der Waals surface area contributed by atoms with Crippen molar-refractivity contribution < 1.29 is 32.3 Å². The van der Waals surface area contributed by atoms with E-state index >= 15 is 0 Å². The van der Waals surface area contributed by atoms with Crippen molar-refractivity contribution in [2.45, 2.75) is 79.1 Å². The number of nitrogens with zero attached hydrogens (tertiary/aromatic N) is 4. The highest BCUT2D eigenvalue weighted by atomic mass is 79.9. The van der Waals surface area contributed by atoms with Gasteiger partial charge in [0, 0.05) is 38.2 Å². The number of esters is 2. The first-order chi connectivity index (χ1) is 44.7. The van der Waals surface area contributed by atoms with Crippen molar-refractivity contribution in [1.82, 2.24) is 24.9 Å². The molecule has 10 aromatic carbocycles. The first-order valence-electron chi connectivity index (χ1n) is 29.8. The van der Waals surface area contributed by atoms with Crippen molar-refractivity contribution in [2.75, 3.05) is 7.11 Å². The van der Waals surface area contributed by atoms with E-state index in [-0.39, 0.29) is 16.8 Å². The van der Waals surface area contributed by atoms with Gasteiger partial charge < -0.3 is 9.47 Å². The molecular weight excluding hydrogens is 1380 g/mol. The van der Waals surface area contributed by atoms with Crippen molar-refractivity contribution in [3.8, 4) is 44.8 Å². The Kier molecular flexibility index (Phi) is 24.6. The van der Waals surface area contributed by atoms with Gasteiger partial charge in [0.25, 0.3) is 0 Å². The summed E-state index contributed by atoms with van der Waals surface area (Å²) in [6, 6.07) is 85.0. The Morgan fingerprint density at radius 2 is 0.882 bits per heavy atom. The number of carbonyl (C=O) groups excluding carboxylic acids is 3. The first kappa shape index (κ1) is 70.1. The minimum absolute atomic E-state index is 0.226. The smallest absolute Gasteiger partial charge is 0.339 e. The maximum absolute atomic E-state index is 12.6. The molecule has 0 amide bonds. The second-order valence-electron chi connectivity index (χ2n) is 23.4. The lowest BCUT2D eigenvalue weighted by atomic mass is 9.77. The van der Waals surface area contributed by atoms with E-state index in [4.69, 9.17) is 9.95 Å². The SMILES string of the molecule is BrCc1ccc(-c2ccccc2-c2nnnn2C(c2ccccc2)(c2ccccc2)c2ccccc2)cc1.CC(C)(C)NS(=O)(=O)c1ccccc1-c1ccc(C=O)cc1.CC(C)(C)OC(=O)c1ccccc1-c1ccc(CBr)cc1.COC(=O)c1ccc(CBr)cc1. The van der Waals surface area contributed by atoms with Crippen LogP contribution < -0.4 is 4.72 Å². The van der Waals surface area contributed by atoms with Gasteiger partial charge in [-0.25, -0.2) is 27.4 Å². The average Bonchev–Trinajstić information content (AvgIpc) is 1.72. The van der Waals surface area contributed by atoms with E-state index in [0.29, 0.717) is 28.1 Å². The van der Waals surface area contributed by atoms with Crippen LogP contribution in [0.2, 0.25) is 0 Å². The summed E-state index contributed by atoms with van der Waals surface area (Å²) in [5, 5.41) is 16.0. The van der Waals surface area contributed by atoms with Gasteiger partial charge in [-0.2, -0.15) is 0 Å². The van der Waals surface area contributed by atoms with Crippen LogP contribution in [0, 0.1) is 0 Å². The van der Waals surface area contributed by atoms with Crippen LogP contribution in [0.25, 0.3) is 44.8 Å². The molecule has 0 saturated carbocycles. The fourth-order valence-corrected chi connectivity index (χ4v) is 13.0. The predicted octanol–water partition coefficient (Wildman–Crippen LogP) is 18.6. The lowest BCUT2D eigenvalue weighted by molar-refractivity contribution is 0.00700. The van der Waals surface area contributed by atoms with Gasteiger partial charge in [0.1, 0.15) is 17.4 Å². The van der Waals surface area contributed by atoms with Crippen molar-refractivity contribution in [2.24, 2.45) is 0 Å². The number of sulfonamides is 1. The second kappa shape index (κ2) is 32.7. The number of aromatic nitrogens is 4. The molecule has 0 saturated heterocycles. The molecule has 474 valence electrons. The third-order valence-electron chi connectivity index (χ3n) is 14.4. The van der Waals surface area contributed by atoms with Gasteiger partial charge in [0.05, 0.1) is 23.1 Å². The zero-order valence-electron chi connectivity index (χ0n) is 52.7. The largest absolute Gasteiger partial charge is 0.465 e. The molecule has 16 heteroatoms. The van der Waals surface area contributed by atoms with Crippen LogP contribution in [-0.2, 0) is 41.0 Å². The first-order valence-corrected chi connectivity index (χ1v) is 34.7. The molecule has 0 fully saturated rings. The number of alkyl halides is 3.